The van der Waals surface area contributed by atoms with Crippen molar-refractivity contribution in [2.75, 3.05) is 31.1 Å². The second kappa shape index (κ2) is 6.00. The summed E-state index contributed by atoms with van der Waals surface area (Å²) in [7, 11) is 0. The van der Waals surface area contributed by atoms with Crippen LogP contribution in [0, 0.1) is 0 Å². The highest BCUT2D eigenvalue weighted by Gasteiger charge is 2.31. The maximum absolute atomic E-state index is 9.50. The van der Waals surface area contributed by atoms with Gasteiger partial charge in [0, 0.05) is 38.1 Å². The second-order valence-corrected chi connectivity index (χ2v) is 7.08. The smallest absolute Gasteiger partial charge is 0.185 e. The Labute approximate surface area is 125 Å². The Kier molecular flexibility index (Phi) is 4.29. The predicted molar refractivity (Wildman–Crippen MR) is 83.6 cm³/mol. The van der Waals surface area contributed by atoms with Crippen LogP contribution in [0.15, 0.2) is 0 Å². The van der Waals surface area contributed by atoms with Gasteiger partial charge in [0.2, 0.25) is 0 Å². The fraction of sp³-hybridized carbons (Fsp3) is 0.800. The third-order valence-electron chi connectivity index (χ3n) is 4.62. The van der Waals surface area contributed by atoms with Crippen LogP contribution in [-0.4, -0.2) is 47.2 Å². The van der Waals surface area contributed by atoms with Gasteiger partial charge in [-0.1, -0.05) is 18.3 Å². The maximum atomic E-state index is 9.50. The third-order valence-corrected chi connectivity index (χ3v) is 5.74. The highest BCUT2D eigenvalue weighted by molar-refractivity contribution is 7.15. The van der Waals surface area contributed by atoms with Crippen LogP contribution >= 0.6 is 11.3 Å². The van der Waals surface area contributed by atoms with E-state index in [0.29, 0.717) is 12.0 Å². The average Bonchev–Trinajstić information content (AvgIpc) is 3.25. The van der Waals surface area contributed by atoms with Crippen LogP contribution in [0.4, 0.5) is 5.13 Å². The lowest BCUT2D eigenvalue weighted by molar-refractivity contribution is 0.193. The number of hydrogen-bond acceptors (Lipinski definition) is 5. The number of rotatable bonds is 5. The zero-order chi connectivity index (χ0) is 14.1. The number of hydrogen-bond donors (Lipinski definition) is 1. The first-order chi connectivity index (χ1) is 9.72. The highest BCUT2D eigenvalue weighted by Crippen LogP contribution is 2.44. The molecule has 1 saturated carbocycles. The molecule has 4 nitrogen and oxygen atoms in total. The lowest BCUT2D eigenvalue weighted by Crippen LogP contribution is -2.49. The number of aromatic nitrogens is 1. The first kappa shape index (κ1) is 14.3. The summed E-state index contributed by atoms with van der Waals surface area (Å²) in [6.45, 7) is 9.10. The van der Waals surface area contributed by atoms with Crippen LogP contribution < -0.4 is 4.90 Å². The largest absolute Gasteiger partial charge is 0.391 e. The van der Waals surface area contributed by atoms with Crippen LogP contribution in [-0.2, 0) is 6.61 Å². The second-order valence-electron chi connectivity index (χ2n) is 6.02. The molecule has 5 heteroatoms. The van der Waals surface area contributed by atoms with Crippen LogP contribution in [0.2, 0.25) is 0 Å². The lowest BCUT2D eigenvalue weighted by atomic mass is 10.2. The number of anilines is 1. The Morgan fingerprint density at radius 2 is 2.00 bits per heavy atom. The molecule has 0 aromatic carbocycles. The van der Waals surface area contributed by atoms with Gasteiger partial charge in [-0.15, -0.1) is 0 Å². The van der Waals surface area contributed by atoms with Crippen molar-refractivity contribution in [2.24, 2.45) is 0 Å². The summed E-state index contributed by atoms with van der Waals surface area (Å²) in [5, 5.41) is 10.6. The minimum Gasteiger partial charge on any atom is -0.391 e. The predicted octanol–water partition coefficient (Wildman–Crippen LogP) is 2.43. The molecular formula is C15H25N3OS. The molecule has 2 fully saturated rings. The van der Waals surface area contributed by atoms with E-state index in [-0.39, 0.29) is 6.61 Å². The molecule has 1 saturated heterocycles. The quantitative estimate of drug-likeness (QED) is 0.905. The summed E-state index contributed by atoms with van der Waals surface area (Å²) in [6.07, 6.45) is 3.72. The minimum atomic E-state index is 0.149. The van der Waals surface area contributed by atoms with Gasteiger partial charge in [-0.3, -0.25) is 4.90 Å². The molecule has 20 heavy (non-hydrogen) atoms. The van der Waals surface area contributed by atoms with Gasteiger partial charge in [0.05, 0.1) is 17.2 Å². The Morgan fingerprint density at radius 3 is 2.55 bits per heavy atom. The van der Waals surface area contributed by atoms with Crippen molar-refractivity contribution in [2.45, 2.75) is 51.7 Å². The van der Waals surface area contributed by atoms with Crippen molar-refractivity contribution in [1.82, 2.24) is 9.88 Å². The summed E-state index contributed by atoms with van der Waals surface area (Å²) in [6, 6.07) is 0.684. The summed E-state index contributed by atoms with van der Waals surface area (Å²) in [5.74, 6) is 0.628. The molecule has 3 rings (SSSR count). The SMILES string of the molecule is CCC(C)N1CCN(c2nc(C3CC3)c(CO)s2)CC1. The van der Waals surface area contributed by atoms with Crippen LogP contribution in [0.1, 0.15) is 49.6 Å². The molecule has 1 unspecified atom stereocenters. The fourth-order valence-corrected chi connectivity index (χ4v) is 3.94. The van der Waals surface area contributed by atoms with Gasteiger partial charge < -0.3 is 10.0 Å². The van der Waals surface area contributed by atoms with Gasteiger partial charge in [-0.25, -0.2) is 4.98 Å². The number of aliphatic hydroxyl groups is 1. The molecule has 0 bridgehead atoms. The van der Waals surface area contributed by atoms with E-state index in [1.165, 1.54) is 25.0 Å². The monoisotopic (exact) mass is 295 g/mol. The summed E-state index contributed by atoms with van der Waals surface area (Å²) in [5.41, 5.74) is 1.18. The zero-order valence-corrected chi connectivity index (χ0v) is 13.3. The van der Waals surface area contributed by atoms with Crippen molar-refractivity contribution in [3.63, 3.8) is 0 Å². The van der Waals surface area contributed by atoms with Crippen LogP contribution in [0.3, 0.4) is 0 Å². The van der Waals surface area contributed by atoms with Gasteiger partial charge in [-0.2, -0.15) is 0 Å². The summed E-state index contributed by atoms with van der Waals surface area (Å²) >= 11 is 1.70. The van der Waals surface area contributed by atoms with E-state index in [4.69, 9.17) is 4.98 Å². The number of piperazine rings is 1. The number of thiazole rings is 1. The van der Waals surface area contributed by atoms with Crippen molar-refractivity contribution < 1.29 is 5.11 Å². The minimum absolute atomic E-state index is 0.149. The molecule has 0 spiro atoms. The summed E-state index contributed by atoms with van der Waals surface area (Å²) in [4.78, 5) is 10.9. The maximum Gasteiger partial charge on any atom is 0.185 e. The molecule has 0 amide bonds. The van der Waals surface area contributed by atoms with Gasteiger partial charge in [0.25, 0.3) is 0 Å². The standard InChI is InChI=1S/C15H25N3OS/c1-3-11(2)17-6-8-18(9-7-17)15-16-14(12-4-5-12)13(10-19)20-15/h11-12,19H,3-10H2,1-2H3. The van der Waals surface area contributed by atoms with E-state index in [1.807, 2.05) is 0 Å². The highest BCUT2D eigenvalue weighted by atomic mass is 32.1. The molecule has 2 aliphatic rings. The topological polar surface area (TPSA) is 39.6 Å². The first-order valence-corrected chi connectivity index (χ1v) is 8.64. The van der Waals surface area contributed by atoms with Gasteiger partial charge in [0.1, 0.15) is 0 Å². The molecule has 1 aromatic rings. The van der Waals surface area contributed by atoms with Gasteiger partial charge in [0.15, 0.2) is 5.13 Å². The number of aliphatic hydroxyl groups excluding tert-OH is 1. The Morgan fingerprint density at radius 1 is 1.30 bits per heavy atom. The third kappa shape index (κ3) is 2.85. The van der Waals surface area contributed by atoms with E-state index in [9.17, 15) is 5.11 Å². The van der Waals surface area contributed by atoms with Crippen LogP contribution in [0.5, 0.6) is 0 Å². The van der Waals surface area contributed by atoms with Crippen molar-refractivity contribution in [3.05, 3.63) is 10.6 Å². The summed E-state index contributed by atoms with van der Waals surface area (Å²) < 4.78 is 0. The molecule has 1 N–H and O–H groups in total. The lowest BCUT2D eigenvalue weighted by Gasteiger charge is -2.37. The normalized spacial score (nSPS) is 22.2. The Balaban J connectivity index is 1.66. The molecule has 112 valence electrons. The van der Waals surface area contributed by atoms with Gasteiger partial charge in [-0.05, 0) is 26.2 Å². The van der Waals surface area contributed by atoms with E-state index in [2.05, 4.69) is 23.6 Å². The first-order valence-electron chi connectivity index (χ1n) is 7.82. The van der Waals surface area contributed by atoms with Crippen molar-refractivity contribution in [1.29, 1.82) is 0 Å². The molecule has 0 radical (unpaired) electrons. The Bertz CT molecular complexity index is 450. The molecule has 1 aromatic heterocycles. The van der Waals surface area contributed by atoms with E-state index < -0.39 is 0 Å². The average molecular weight is 295 g/mol. The van der Waals surface area contributed by atoms with E-state index >= 15 is 0 Å². The van der Waals surface area contributed by atoms with Crippen LogP contribution in [0.25, 0.3) is 0 Å². The molecule has 1 aliphatic carbocycles. The molecular weight excluding hydrogens is 270 g/mol. The van der Waals surface area contributed by atoms with E-state index in [1.54, 1.807) is 11.3 Å². The Hall–Kier alpha value is -0.650. The number of nitrogens with zero attached hydrogens (tertiary/aromatic N) is 3. The van der Waals surface area contributed by atoms with Crippen molar-refractivity contribution >= 4 is 16.5 Å². The zero-order valence-electron chi connectivity index (χ0n) is 12.5. The van der Waals surface area contributed by atoms with Gasteiger partial charge >= 0.3 is 0 Å². The van der Waals surface area contributed by atoms with Crippen molar-refractivity contribution in [3.8, 4) is 0 Å². The fourth-order valence-electron chi connectivity index (χ4n) is 2.89. The molecule has 2 heterocycles. The molecule has 1 atom stereocenters. The van der Waals surface area contributed by atoms with E-state index in [0.717, 1.165) is 36.2 Å². The molecule has 1 aliphatic heterocycles.